The van der Waals surface area contributed by atoms with Crippen LogP contribution in [0, 0.1) is 11.3 Å². The van der Waals surface area contributed by atoms with Crippen molar-refractivity contribution in [3.05, 3.63) is 0 Å². The molecule has 0 aliphatic carbocycles. The highest BCUT2D eigenvalue weighted by atomic mass is 16.5. The van der Waals surface area contributed by atoms with Crippen molar-refractivity contribution in [1.82, 2.24) is 0 Å². The first-order valence-corrected chi connectivity index (χ1v) is 8.50. The Morgan fingerprint density at radius 3 is 2.35 bits per heavy atom. The maximum absolute atomic E-state index is 8.42. The molecule has 116 valence electrons. The number of nitriles is 1. The molecule has 0 bridgehead atoms. The van der Waals surface area contributed by atoms with Crippen LogP contribution in [0.5, 0.6) is 0 Å². The fraction of sp³-hybridized carbons (Fsp3) is 0.941. The van der Waals surface area contributed by atoms with E-state index in [-0.39, 0.29) is 0 Å². The molecule has 1 aliphatic rings. The second kappa shape index (κ2) is 13.4. The molecule has 0 amide bonds. The molecule has 1 unspecified atom stereocenters. The van der Waals surface area contributed by atoms with Crippen LogP contribution in [0.2, 0.25) is 0 Å². The summed E-state index contributed by atoms with van der Waals surface area (Å²) in [5.74, 6) is 0. The van der Waals surface area contributed by atoms with E-state index >= 15 is 0 Å². The van der Waals surface area contributed by atoms with Gasteiger partial charge in [-0.15, -0.1) is 0 Å². The molecule has 1 atom stereocenters. The lowest BCUT2D eigenvalue weighted by atomic mass is 10.1. The first kappa shape index (κ1) is 17.5. The first-order valence-electron chi connectivity index (χ1n) is 8.50. The zero-order chi connectivity index (χ0) is 14.3. The van der Waals surface area contributed by atoms with Gasteiger partial charge in [-0.2, -0.15) is 5.26 Å². The zero-order valence-electron chi connectivity index (χ0n) is 12.9. The molecule has 1 heterocycles. The summed E-state index contributed by atoms with van der Waals surface area (Å²) >= 11 is 0. The highest BCUT2D eigenvalue weighted by Gasteiger charge is 2.14. The lowest BCUT2D eigenvalue weighted by Gasteiger charge is -2.09. The maximum atomic E-state index is 8.42. The van der Waals surface area contributed by atoms with E-state index in [9.17, 15) is 0 Å². The molecule has 0 saturated carbocycles. The summed E-state index contributed by atoms with van der Waals surface area (Å²) in [5, 5.41) is 8.42. The zero-order valence-corrected chi connectivity index (χ0v) is 12.9. The third-order valence-electron chi connectivity index (χ3n) is 3.92. The Labute approximate surface area is 124 Å². The molecule has 3 nitrogen and oxygen atoms in total. The highest BCUT2D eigenvalue weighted by molar-refractivity contribution is 4.67. The van der Waals surface area contributed by atoms with Crippen molar-refractivity contribution in [3.8, 4) is 6.07 Å². The van der Waals surface area contributed by atoms with Crippen molar-refractivity contribution in [1.29, 1.82) is 5.26 Å². The van der Waals surface area contributed by atoms with E-state index in [4.69, 9.17) is 14.7 Å². The van der Waals surface area contributed by atoms with Crippen molar-refractivity contribution < 1.29 is 9.47 Å². The molecule has 0 N–H and O–H groups in total. The smallest absolute Gasteiger partial charge is 0.0621 e. The number of unbranched alkanes of at least 4 members (excludes halogenated alkanes) is 7. The molecule has 1 saturated heterocycles. The molecule has 0 aromatic carbocycles. The fourth-order valence-electron chi connectivity index (χ4n) is 2.68. The highest BCUT2D eigenvalue weighted by Crippen LogP contribution is 2.16. The van der Waals surface area contributed by atoms with Crippen molar-refractivity contribution in [2.24, 2.45) is 0 Å². The Bertz CT molecular complexity index is 244. The minimum absolute atomic E-state index is 0.514. The lowest BCUT2D eigenvalue weighted by molar-refractivity contribution is 0.0808. The number of ether oxygens (including phenoxy) is 2. The normalized spacial score (nSPS) is 18.2. The molecule has 0 aromatic rings. The van der Waals surface area contributed by atoms with Crippen LogP contribution in [0.3, 0.4) is 0 Å². The summed E-state index contributed by atoms with van der Waals surface area (Å²) < 4.78 is 11.2. The maximum Gasteiger partial charge on any atom is 0.0621 e. The van der Waals surface area contributed by atoms with Crippen molar-refractivity contribution in [2.75, 3.05) is 19.8 Å². The van der Waals surface area contributed by atoms with Gasteiger partial charge in [0.15, 0.2) is 0 Å². The Morgan fingerprint density at radius 1 is 0.950 bits per heavy atom. The van der Waals surface area contributed by atoms with Gasteiger partial charge in [-0.3, -0.25) is 0 Å². The molecule has 1 fully saturated rings. The van der Waals surface area contributed by atoms with Crippen LogP contribution >= 0.6 is 0 Å². The summed E-state index contributed by atoms with van der Waals surface area (Å²) in [5.41, 5.74) is 0. The molecule has 20 heavy (non-hydrogen) atoms. The molecule has 1 aliphatic heterocycles. The number of nitrogens with zero attached hydrogens (tertiary/aromatic N) is 1. The molecule has 1 rings (SSSR count). The average molecular weight is 281 g/mol. The quantitative estimate of drug-likeness (QED) is 0.463. The van der Waals surface area contributed by atoms with Crippen LogP contribution in [0.25, 0.3) is 0 Å². The standard InChI is InChI=1S/C17H31NO2/c18-13-7-5-3-1-2-4-6-8-14-19-15-9-11-17-12-10-16-20-17/h17H,1-12,14-16H2. The second-order valence-electron chi connectivity index (χ2n) is 5.77. The minimum Gasteiger partial charge on any atom is -0.381 e. The van der Waals surface area contributed by atoms with Gasteiger partial charge in [0.1, 0.15) is 0 Å². The van der Waals surface area contributed by atoms with Crippen LogP contribution in [0.1, 0.15) is 77.0 Å². The Kier molecular flexibility index (Phi) is 11.7. The fourth-order valence-corrected chi connectivity index (χ4v) is 2.68. The van der Waals surface area contributed by atoms with E-state index in [1.165, 1.54) is 57.8 Å². The third kappa shape index (κ3) is 10.2. The van der Waals surface area contributed by atoms with Crippen molar-refractivity contribution >= 4 is 0 Å². The van der Waals surface area contributed by atoms with Gasteiger partial charge in [0.05, 0.1) is 12.2 Å². The minimum atomic E-state index is 0.514. The van der Waals surface area contributed by atoms with Gasteiger partial charge in [0.2, 0.25) is 0 Å². The predicted molar refractivity (Wildman–Crippen MR) is 81.6 cm³/mol. The molecule has 0 aromatic heterocycles. The summed E-state index contributed by atoms with van der Waals surface area (Å²) in [4.78, 5) is 0. The van der Waals surface area contributed by atoms with Crippen LogP contribution < -0.4 is 0 Å². The van der Waals surface area contributed by atoms with Gasteiger partial charge >= 0.3 is 0 Å². The monoisotopic (exact) mass is 281 g/mol. The molecular formula is C17H31NO2. The molecular weight excluding hydrogens is 250 g/mol. The van der Waals surface area contributed by atoms with E-state index < -0.39 is 0 Å². The Balaban J connectivity index is 1.67. The number of hydrogen-bond acceptors (Lipinski definition) is 3. The largest absolute Gasteiger partial charge is 0.381 e. The Morgan fingerprint density at radius 2 is 1.65 bits per heavy atom. The lowest BCUT2D eigenvalue weighted by Crippen LogP contribution is -2.06. The number of hydrogen-bond donors (Lipinski definition) is 0. The second-order valence-corrected chi connectivity index (χ2v) is 5.77. The third-order valence-corrected chi connectivity index (χ3v) is 3.92. The van der Waals surface area contributed by atoms with Gasteiger partial charge < -0.3 is 9.47 Å². The van der Waals surface area contributed by atoms with Crippen LogP contribution in [-0.2, 0) is 9.47 Å². The Hall–Kier alpha value is -0.590. The van der Waals surface area contributed by atoms with Gasteiger partial charge in [0, 0.05) is 26.2 Å². The topological polar surface area (TPSA) is 42.2 Å². The van der Waals surface area contributed by atoms with Crippen molar-refractivity contribution in [3.63, 3.8) is 0 Å². The van der Waals surface area contributed by atoms with E-state index in [0.29, 0.717) is 6.10 Å². The van der Waals surface area contributed by atoms with Gasteiger partial charge in [0.25, 0.3) is 0 Å². The van der Waals surface area contributed by atoms with E-state index in [2.05, 4.69) is 6.07 Å². The van der Waals surface area contributed by atoms with E-state index in [1.807, 2.05) is 0 Å². The van der Waals surface area contributed by atoms with E-state index in [0.717, 1.165) is 39.1 Å². The van der Waals surface area contributed by atoms with Gasteiger partial charge in [-0.05, 0) is 38.5 Å². The van der Waals surface area contributed by atoms with Crippen LogP contribution in [0.4, 0.5) is 0 Å². The first-order chi connectivity index (χ1) is 9.93. The average Bonchev–Trinajstić information content (AvgIpc) is 2.97. The summed E-state index contributed by atoms with van der Waals surface area (Å²) in [6.45, 7) is 2.77. The van der Waals surface area contributed by atoms with Gasteiger partial charge in [-0.1, -0.05) is 32.1 Å². The molecule has 3 heteroatoms. The van der Waals surface area contributed by atoms with Crippen LogP contribution in [-0.4, -0.2) is 25.9 Å². The predicted octanol–water partition coefficient (Wildman–Crippen LogP) is 4.61. The summed E-state index contributed by atoms with van der Waals surface area (Å²) in [7, 11) is 0. The van der Waals surface area contributed by atoms with Crippen LogP contribution in [0.15, 0.2) is 0 Å². The SMILES string of the molecule is N#CCCCCCCCCCOCCCC1CCCO1. The van der Waals surface area contributed by atoms with Crippen molar-refractivity contribution in [2.45, 2.75) is 83.2 Å². The van der Waals surface area contributed by atoms with Gasteiger partial charge in [-0.25, -0.2) is 0 Å². The molecule has 0 spiro atoms. The molecule has 0 radical (unpaired) electrons. The number of rotatable bonds is 13. The summed E-state index contributed by atoms with van der Waals surface area (Å²) in [6.07, 6.45) is 14.7. The van der Waals surface area contributed by atoms with E-state index in [1.54, 1.807) is 0 Å². The summed E-state index contributed by atoms with van der Waals surface area (Å²) in [6, 6.07) is 2.20.